The molecule has 1 aromatic rings. The summed E-state index contributed by atoms with van der Waals surface area (Å²) in [5.41, 5.74) is 2.07. The number of hydrogen-bond acceptors (Lipinski definition) is 3. The highest BCUT2D eigenvalue weighted by Gasteiger charge is 2.24. The molecule has 1 heterocycles. The molecule has 5 heteroatoms. The number of likely N-dealkylation sites (tertiary alicyclic amines) is 1. The summed E-state index contributed by atoms with van der Waals surface area (Å²) in [6.45, 7) is 5.75. The lowest BCUT2D eigenvalue weighted by atomic mass is 10.0. The minimum atomic E-state index is -0.140. The van der Waals surface area contributed by atoms with Crippen molar-refractivity contribution in [3.05, 3.63) is 41.5 Å². The standard InChI is InChI=1S/C22H30N2O3/c1-3-19(23-21(25)14-16(2)17-10-11-17)18-8-4-5-9-20(18)27-15-22(26)24-12-6-7-13-24/h4-5,8-9,14,17,19H,3,6-7,10-13,15H2,1-2H3,(H,23,25)/b16-14+. The molecule has 1 aromatic carbocycles. The highest BCUT2D eigenvalue weighted by atomic mass is 16.5. The van der Waals surface area contributed by atoms with Crippen LogP contribution in [0.4, 0.5) is 0 Å². The third-order valence-electron chi connectivity index (χ3n) is 5.41. The normalized spacial score (nSPS) is 18.3. The molecule has 3 rings (SSSR count). The monoisotopic (exact) mass is 370 g/mol. The van der Waals surface area contributed by atoms with Crippen molar-refractivity contribution in [1.82, 2.24) is 10.2 Å². The molecule has 2 fully saturated rings. The first-order chi connectivity index (χ1) is 13.1. The Kier molecular flexibility index (Phi) is 6.54. The summed E-state index contributed by atoms with van der Waals surface area (Å²) < 4.78 is 5.85. The Morgan fingerprint density at radius 2 is 1.96 bits per heavy atom. The summed E-state index contributed by atoms with van der Waals surface area (Å²) in [6, 6.07) is 7.52. The van der Waals surface area contributed by atoms with Crippen molar-refractivity contribution in [3.63, 3.8) is 0 Å². The van der Waals surface area contributed by atoms with E-state index in [0.717, 1.165) is 43.5 Å². The van der Waals surface area contributed by atoms with E-state index in [2.05, 4.69) is 5.32 Å². The van der Waals surface area contributed by atoms with Gasteiger partial charge in [0.15, 0.2) is 6.61 Å². The summed E-state index contributed by atoms with van der Waals surface area (Å²) in [5, 5.41) is 3.09. The zero-order chi connectivity index (χ0) is 19.2. The third-order valence-corrected chi connectivity index (χ3v) is 5.41. The Bertz CT molecular complexity index is 703. The smallest absolute Gasteiger partial charge is 0.260 e. The molecule has 0 spiro atoms. The molecule has 5 nitrogen and oxygen atoms in total. The Balaban J connectivity index is 1.64. The first-order valence-electron chi connectivity index (χ1n) is 10.1. The van der Waals surface area contributed by atoms with Crippen LogP contribution in [-0.2, 0) is 9.59 Å². The van der Waals surface area contributed by atoms with E-state index in [1.165, 1.54) is 12.8 Å². The number of hydrogen-bond donors (Lipinski definition) is 1. The van der Waals surface area contributed by atoms with Gasteiger partial charge >= 0.3 is 0 Å². The minimum absolute atomic E-state index is 0.0300. The second-order valence-corrected chi connectivity index (χ2v) is 7.55. The molecule has 1 N–H and O–H groups in total. The first-order valence-corrected chi connectivity index (χ1v) is 10.1. The number of benzene rings is 1. The van der Waals surface area contributed by atoms with Gasteiger partial charge in [-0.3, -0.25) is 9.59 Å². The molecule has 1 unspecified atom stereocenters. The Labute approximate surface area is 161 Å². The fourth-order valence-electron chi connectivity index (χ4n) is 3.57. The van der Waals surface area contributed by atoms with Gasteiger partial charge in [-0.25, -0.2) is 0 Å². The van der Waals surface area contributed by atoms with E-state index in [1.54, 1.807) is 6.08 Å². The van der Waals surface area contributed by atoms with E-state index in [1.807, 2.05) is 43.0 Å². The molecule has 1 aliphatic heterocycles. The van der Waals surface area contributed by atoms with Crippen LogP contribution < -0.4 is 10.1 Å². The first kappa shape index (κ1) is 19.5. The molecule has 0 aromatic heterocycles. The van der Waals surface area contributed by atoms with Crippen LogP contribution in [0.3, 0.4) is 0 Å². The summed E-state index contributed by atoms with van der Waals surface area (Å²) >= 11 is 0. The van der Waals surface area contributed by atoms with Gasteiger partial charge in [0.1, 0.15) is 5.75 Å². The van der Waals surface area contributed by atoms with Crippen LogP contribution in [0.5, 0.6) is 5.75 Å². The van der Waals surface area contributed by atoms with Gasteiger partial charge in [0.05, 0.1) is 6.04 Å². The van der Waals surface area contributed by atoms with Crippen molar-refractivity contribution in [2.45, 2.75) is 52.0 Å². The summed E-state index contributed by atoms with van der Waals surface area (Å²) in [4.78, 5) is 26.5. The maximum absolute atomic E-state index is 12.4. The lowest BCUT2D eigenvalue weighted by Gasteiger charge is -2.21. The van der Waals surface area contributed by atoms with Crippen LogP contribution >= 0.6 is 0 Å². The topological polar surface area (TPSA) is 58.6 Å². The number of allylic oxidation sites excluding steroid dienone is 1. The molecule has 27 heavy (non-hydrogen) atoms. The number of para-hydroxylation sites is 1. The zero-order valence-corrected chi connectivity index (χ0v) is 16.4. The van der Waals surface area contributed by atoms with Gasteiger partial charge in [-0.05, 0) is 51.0 Å². The van der Waals surface area contributed by atoms with Crippen molar-refractivity contribution in [3.8, 4) is 5.75 Å². The van der Waals surface area contributed by atoms with Gasteiger partial charge in [-0.2, -0.15) is 0 Å². The highest BCUT2D eigenvalue weighted by Crippen LogP contribution is 2.36. The number of carbonyl (C=O) groups excluding carboxylic acids is 2. The summed E-state index contributed by atoms with van der Waals surface area (Å²) in [5.74, 6) is 1.22. The van der Waals surface area contributed by atoms with Crippen molar-refractivity contribution < 1.29 is 14.3 Å². The van der Waals surface area contributed by atoms with E-state index >= 15 is 0 Å². The molecule has 0 bridgehead atoms. The fourth-order valence-corrected chi connectivity index (χ4v) is 3.57. The van der Waals surface area contributed by atoms with Gasteiger partial charge in [0.25, 0.3) is 5.91 Å². The number of rotatable bonds is 8. The molecule has 1 saturated heterocycles. The van der Waals surface area contributed by atoms with Crippen molar-refractivity contribution in [2.75, 3.05) is 19.7 Å². The maximum Gasteiger partial charge on any atom is 0.260 e. The second-order valence-electron chi connectivity index (χ2n) is 7.55. The molecule has 1 aliphatic carbocycles. The average molecular weight is 370 g/mol. The van der Waals surface area contributed by atoms with Gasteiger partial charge in [0, 0.05) is 24.7 Å². The second kappa shape index (κ2) is 9.07. The van der Waals surface area contributed by atoms with Gasteiger partial charge in [-0.1, -0.05) is 30.7 Å². The SMILES string of the molecule is CCC(NC(=O)/C=C(\C)C1CC1)c1ccccc1OCC(=O)N1CCCC1. The zero-order valence-electron chi connectivity index (χ0n) is 16.4. The minimum Gasteiger partial charge on any atom is -0.483 e. The lowest BCUT2D eigenvalue weighted by molar-refractivity contribution is -0.132. The predicted molar refractivity (Wildman–Crippen MR) is 105 cm³/mol. The van der Waals surface area contributed by atoms with Crippen LogP contribution in [0.2, 0.25) is 0 Å². The Hall–Kier alpha value is -2.30. The third kappa shape index (κ3) is 5.34. The Morgan fingerprint density at radius 1 is 1.26 bits per heavy atom. The molecule has 0 radical (unpaired) electrons. The average Bonchev–Trinajstić information content (AvgIpc) is 3.39. The molecule has 2 aliphatic rings. The number of ether oxygens (including phenoxy) is 1. The largest absolute Gasteiger partial charge is 0.483 e. The molecule has 2 amide bonds. The van der Waals surface area contributed by atoms with Crippen LogP contribution in [0, 0.1) is 5.92 Å². The quantitative estimate of drug-likeness (QED) is 0.711. The summed E-state index contributed by atoms with van der Waals surface area (Å²) in [7, 11) is 0. The maximum atomic E-state index is 12.4. The number of amides is 2. The van der Waals surface area contributed by atoms with Gasteiger partial charge in [0.2, 0.25) is 5.91 Å². The van der Waals surface area contributed by atoms with Crippen LogP contribution in [0.1, 0.15) is 57.6 Å². The van der Waals surface area contributed by atoms with E-state index in [0.29, 0.717) is 11.7 Å². The van der Waals surface area contributed by atoms with Crippen LogP contribution in [0.25, 0.3) is 0 Å². The number of nitrogens with one attached hydrogen (secondary N) is 1. The Morgan fingerprint density at radius 3 is 2.63 bits per heavy atom. The molecule has 1 saturated carbocycles. The van der Waals surface area contributed by atoms with Crippen LogP contribution in [-0.4, -0.2) is 36.4 Å². The molecule has 1 atom stereocenters. The lowest BCUT2D eigenvalue weighted by Crippen LogP contribution is -2.32. The van der Waals surface area contributed by atoms with Crippen molar-refractivity contribution in [2.24, 2.45) is 5.92 Å². The number of carbonyl (C=O) groups is 2. The molecule has 146 valence electrons. The van der Waals surface area contributed by atoms with Gasteiger partial charge < -0.3 is 15.0 Å². The molecular formula is C22H30N2O3. The van der Waals surface area contributed by atoms with Crippen molar-refractivity contribution in [1.29, 1.82) is 0 Å². The van der Waals surface area contributed by atoms with Gasteiger partial charge in [-0.15, -0.1) is 0 Å². The van der Waals surface area contributed by atoms with E-state index in [9.17, 15) is 9.59 Å². The highest BCUT2D eigenvalue weighted by molar-refractivity contribution is 5.88. The predicted octanol–water partition coefficient (Wildman–Crippen LogP) is 3.61. The fraction of sp³-hybridized carbons (Fsp3) is 0.545. The van der Waals surface area contributed by atoms with E-state index in [-0.39, 0.29) is 24.5 Å². The van der Waals surface area contributed by atoms with E-state index < -0.39 is 0 Å². The number of nitrogens with zero attached hydrogens (tertiary/aromatic N) is 1. The van der Waals surface area contributed by atoms with E-state index in [4.69, 9.17) is 4.74 Å². The summed E-state index contributed by atoms with van der Waals surface area (Å²) in [6.07, 6.45) is 6.99. The van der Waals surface area contributed by atoms with Crippen LogP contribution in [0.15, 0.2) is 35.9 Å². The van der Waals surface area contributed by atoms with Crippen molar-refractivity contribution >= 4 is 11.8 Å². The molecular weight excluding hydrogens is 340 g/mol.